The molecule has 1 unspecified atom stereocenters. The summed E-state index contributed by atoms with van der Waals surface area (Å²) in [5.41, 5.74) is 5.77. The molecule has 1 atom stereocenters. The molecule has 1 aliphatic heterocycles. The zero-order valence-corrected chi connectivity index (χ0v) is 22.9. The number of pyridine rings is 1. The molecule has 2 aromatic heterocycles. The van der Waals surface area contributed by atoms with E-state index in [-0.39, 0.29) is 11.3 Å². The molecule has 0 saturated heterocycles. The molecule has 1 aliphatic rings. The molecule has 6 heteroatoms. The van der Waals surface area contributed by atoms with Gasteiger partial charge in [-0.1, -0.05) is 55.5 Å². The Morgan fingerprint density at radius 1 is 0.825 bits per heavy atom. The first-order chi connectivity index (χ1) is 19.3. The van der Waals surface area contributed by atoms with Gasteiger partial charge < -0.3 is 10.2 Å². The molecule has 5 aromatic rings. The number of hydrogen-bond acceptors (Lipinski definition) is 5. The summed E-state index contributed by atoms with van der Waals surface area (Å²) in [5.74, 6) is 0.500. The highest BCUT2D eigenvalue weighted by atomic mass is 16.2. The van der Waals surface area contributed by atoms with Crippen molar-refractivity contribution >= 4 is 23.2 Å². The lowest BCUT2D eigenvalue weighted by atomic mass is 9.65. The number of amides is 1. The van der Waals surface area contributed by atoms with E-state index in [4.69, 9.17) is 4.98 Å². The molecule has 3 heterocycles. The van der Waals surface area contributed by atoms with Crippen LogP contribution in [-0.2, 0) is 5.41 Å². The van der Waals surface area contributed by atoms with Crippen molar-refractivity contribution in [2.24, 2.45) is 0 Å². The van der Waals surface area contributed by atoms with Crippen LogP contribution < -0.4 is 10.2 Å². The minimum Gasteiger partial charge on any atom is -0.324 e. The van der Waals surface area contributed by atoms with Gasteiger partial charge in [0.1, 0.15) is 0 Å². The average molecular weight is 526 g/mol. The molecule has 40 heavy (non-hydrogen) atoms. The second-order valence-electron chi connectivity index (χ2n) is 11.1. The van der Waals surface area contributed by atoms with E-state index in [1.807, 2.05) is 71.6 Å². The lowest BCUT2D eigenvalue weighted by Crippen LogP contribution is -2.55. The molecule has 1 N–H and O–H groups in total. The van der Waals surface area contributed by atoms with E-state index in [1.54, 1.807) is 18.6 Å². The molecule has 3 aromatic carbocycles. The molecule has 0 aliphatic carbocycles. The fourth-order valence-electron chi connectivity index (χ4n) is 6.01. The van der Waals surface area contributed by atoms with Crippen molar-refractivity contribution in [2.45, 2.75) is 38.1 Å². The molecule has 0 radical (unpaired) electrons. The van der Waals surface area contributed by atoms with E-state index >= 15 is 0 Å². The van der Waals surface area contributed by atoms with Gasteiger partial charge in [-0.15, -0.1) is 0 Å². The molecule has 6 nitrogen and oxygen atoms in total. The van der Waals surface area contributed by atoms with Gasteiger partial charge >= 0.3 is 0 Å². The normalized spacial score (nSPS) is 17.6. The number of carbonyl (C=O) groups is 1. The van der Waals surface area contributed by atoms with Crippen LogP contribution in [0.5, 0.6) is 0 Å². The smallest absolute Gasteiger partial charge is 0.258 e. The Morgan fingerprint density at radius 2 is 1.52 bits per heavy atom. The van der Waals surface area contributed by atoms with Gasteiger partial charge in [0.15, 0.2) is 0 Å². The van der Waals surface area contributed by atoms with Gasteiger partial charge in [0, 0.05) is 52.0 Å². The fourth-order valence-corrected chi connectivity index (χ4v) is 6.01. The van der Waals surface area contributed by atoms with Gasteiger partial charge in [-0.25, -0.2) is 9.97 Å². The fraction of sp³-hybridized carbons (Fsp3) is 0.176. The van der Waals surface area contributed by atoms with E-state index in [0.717, 1.165) is 34.6 Å². The third-order valence-electron chi connectivity index (χ3n) is 7.75. The third-order valence-corrected chi connectivity index (χ3v) is 7.75. The summed E-state index contributed by atoms with van der Waals surface area (Å²) >= 11 is 0. The Balaban J connectivity index is 1.45. The van der Waals surface area contributed by atoms with Crippen molar-refractivity contribution in [2.75, 3.05) is 10.2 Å². The number of fused-ring (bicyclic) bond motifs is 1. The van der Waals surface area contributed by atoms with Crippen molar-refractivity contribution < 1.29 is 4.79 Å². The van der Waals surface area contributed by atoms with Crippen LogP contribution in [0, 0.1) is 0 Å². The Hall–Kier alpha value is -4.84. The predicted molar refractivity (Wildman–Crippen MR) is 160 cm³/mol. The van der Waals surface area contributed by atoms with Gasteiger partial charge in [0.05, 0.1) is 5.69 Å². The Kier molecular flexibility index (Phi) is 6.39. The molecule has 6 rings (SSSR count). The van der Waals surface area contributed by atoms with Gasteiger partial charge in [-0.05, 0) is 79.9 Å². The molecule has 0 fully saturated rings. The van der Waals surface area contributed by atoms with Crippen LogP contribution in [0.15, 0.2) is 116 Å². The highest BCUT2D eigenvalue weighted by Crippen LogP contribution is 2.51. The van der Waals surface area contributed by atoms with E-state index in [9.17, 15) is 4.79 Å². The number of nitrogens with one attached hydrogen (secondary N) is 1. The predicted octanol–water partition coefficient (Wildman–Crippen LogP) is 7.42. The highest BCUT2D eigenvalue weighted by molar-refractivity contribution is 6.08. The van der Waals surface area contributed by atoms with Crippen molar-refractivity contribution in [1.29, 1.82) is 0 Å². The average Bonchev–Trinajstić information content (AvgIpc) is 2.98. The lowest BCUT2D eigenvalue weighted by molar-refractivity contribution is 0.0948. The highest BCUT2D eigenvalue weighted by Gasteiger charge is 2.48. The molecule has 0 spiro atoms. The lowest BCUT2D eigenvalue weighted by Gasteiger charge is -2.51. The van der Waals surface area contributed by atoms with Crippen LogP contribution in [0.2, 0.25) is 0 Å². The van der Waals surface area contributed by atoms with E-state index in [2.05, 4.69) is 66.4 Å². The zero-order chi connectivity index (χ0) is 27.7. The number of hydrogen-bond donors (Lipinski definition) is 1. The number of nitrogens with zero attached hydrogens (tertiary/aromatic N) is 4. The Labute approximate surface area is 234 Å². The van der Waals surface area contributed by atoms with E-state index < -0.39 is 5.54 Å². The first-order valence-electron chi connectivity index (χ1n) is 13.5. The maximum atomic E-state index is 14.0. The van der Waals surface area contributed by atoms with Gasteiger partial charge in [0.2, 0.25) is 5.95 Å². The minimum atomic E-state index is -0.429. The summed E-state index contributed by atoms with van der Waals surface area (Å²) in [5, 5.41) is 3.41. The Morgan fingerprint density at radius 3 is 2.25 bits per heavy atom. The van der Waals surface area contributed by atoms with E-state index in [1.165, 1.54) is 5.56 Å². The Bertz CT molecular complexity index is 1650. The maximum absolute atomic E-state index is 14.0. The summed E-state index contributed by atoms with van der Waals surface area (Å²) < 4.78 is 0. The number of anilines is 3. The second kappa shape index (κ2) is 10.0. The van der Waals surface area contributed by atoms with Crippen molar-refractivity contribution in [3.8, 4) is 11.3 Å². The van der Waals surface area contributed by atoms with Gasteiger partial charge in [0.25, 0.3) is 5.91 Å². The number of aromatic nitrogens is 3. The van der Waals surface area contributed by atoms with Crippen LogP contribution in [0.1, 0.15) is 48.7 Å². The standard InChI is InChI=1S/C34H31N5O/c1-33(2)23-34(3,26-12-8-5-9-13-26)28-22-27(14-15-30(28)39(33)31(40)25-10-6-4-7-11-25)37-32-36-21-18-29(38-32)24-16-19-35-20-17-24/h4-22H,23H2,1-3H3,(H,36,37,38). The van der Waals surface area contributed by atoms with Crippen LogP contribution in [-0.4, -0.2) is 26.4 Å². The summed E-state index contributed by atoms with van der Waals surface area (Å²) in [7, 11) is 0. The quantitative estimate of drug-likeness (QED) is 0.259. The van der Waals surface area contributed by atoms with E-state index in [0.29, 0.717) is 11.5 Å². The number of rotatable bonds is 5. The van der Waals surface area contributed by atoms with Crippen LogP contribution in [0.4, 0.5) is 17.3 Å². The van der Waals surface area contributed by atoms with Crippen molar-refractivity contribution in [1.82, 2.24) is 15.0 Å². The molecule has 0 saturated carbocycles. The number of carbonyl (C=O) groups excluding carboxylic acids is 1. The SMILES string of the molecule is CC1(c2ccccc2)CC(C)(C)N(C(=O)c2ccccc2)c2ccc(Nc3nccc(-c4ccncc4)n3)cc21. The monoisotopic (exact) mass is 525 g/mol. The van der Waals surface area contributed by atoms with Crippen LogP contribution in [0.25, 0.3) is 11.3 Å². The summed E-state index contributed by atoms with van der Waals surface area (Å²) in [6, 6.07) is 32.0. The minimum absolute atomic E-state index is 0.00365. The van der Waals surface area contributed by atoms with Gasteiger partial charge in [-0.2, -0.15) is 0 Å². The zero-order valence-electron chi connectivity index (χ0n) is 22.9. The topological polar surface area (TPSA) is 71.0 Å². The van der Waals surface area contributed by atoms with Crippen molar-refractivity contribution in [3.63, 3.8) is 0 Å². The second-order valence-corrected chi connectivity index (χ2v) is 11.1. The molecular weight excluding hydrogens is 494 g/mol. The molecule has 0 bridgehead atoms. The first-order valence-corrected chi connectivity index (χ1v) is 13.5. The molecule has 1 amide bonds. The summed E-state index contributed by atoms with van der Waals surface area (Å²) in [6.07, 6.45) is 6.01. The summed E-state index contributed by atoms with van der Waals surface area (Å²) in [6.45, 7) is 6.59. The molecule has 198 valence electrons. The van der Waals surface area contributed by atoms with Crippen molar-refractivity contribution in [3.05, 3.63) is 132 Å². The number of benzene rings is 3. The maximum Gasteiger partial charge on any atom is 0.258 e. The summed E-state index contributed by atoms with van der Waals surface area (Å²) in [4.78, 5) is 29.2. The largest absolute Gasteiger partial charge is 0.324 e. The third kappa shape index (κ3) is 4.62. The van der Waals surface area contributed by atoms with Crippen LogP contribution in [0.3, 0.4) is 0 Å². The molecular formula is C34H31N5O. The first kappa shape index (κ1) is 25.4. The van der Waals surface area contributed by atoms with Gasteiger partial charge in [-0.3, -0.25) is 9.78 Å². The van der Waals surface area contributed by atoms with Crippen LogP contribution >= 0.6 is 0 Å².